The Labute approximate surface area is 99.2 Å². The lowest BCUT2D eigenvalue weighted by atomic mass is 10.1. The molecule has 4 heteroatoms. The van der Waals surface area contributed by atoms with Gasteiger partial charge in [0.25, 0.3) is 0 Å². The second kappa shape index (κ2) is 4.82. The summed E-state index contributed by atoms with van der Waals surface area (Å²) in [5, 5.41) is 3.91. The van der Waals surface area contributed by atoms with Crippen molar-refractivity contribution < 1.29 is 14.1 Å². The number of benzene rings is 1. The van der Waals surface area contributed by atoms with Crippen LogP contribution in [0, 0.1) is 6.92 Å². The van der Waals surface area contributed by atoms with Crippen LogP contribution in [-0.4, -0.2) is 17.7 Å². The van der Waals surface area contributed by atoms with Crippen molar-refractivity contribution in [1.82, 2.24) is 5.16 Å². The number of nitrogens with zero attached hydrogens (tertiary/aromatic N) is 1. The highest BCUT2D eigenvalue weighted by atomic mass is 16.5. The zero-order valence-corrected chi connectivity index (χ0v) is 9.77. The minimum absolute atomic E-state index is 0.310. The zero-order chi connectivity index (χ0) is 12.3. The Morgan fingerprint density at radius 1 is 1.35 bits per heavy atom. The summed E-state index contributed by atoms with van der Waals surface area (Å²) in [6.07, 6.45) is 0. The van der Waals surface area contributed by atoms with Crippen LogP contribution in [0.3, 0.4) is 0 Å². The van der Waals surface area contributed by atoms with Crippen LogP contribution in [-0.2, 0) is 4.74 Å². The summed E-state index contributed by atoms with van der Waals surface area (Å²) in [6.45, 7) is 4.00. The number of rotatable bonds is 3. The first kappa shape index (κ1) is 11.4. The fourth-order valence-electron chi connectivity index (χ4n) is 1.49. The van der Waals surface area contributed by atoms with Gasteiger partial charge in [-0.1, -0.05) is 17.3 Å². The van der Waals surface area contributed by atoms with Gasteiger partial charge in [0.05, 0.1) is 12.2 Å². The number of aryl methyl sites for hydroxylation is 1. The van der Waals surface area contributed by atoms with Gasteiger partial charge in [-0.25, -0.2) is 4.79 Å². The highest BCUT2D eigenvalue weighted by molar-refractivity contribution is 5.89. The average Bonchev–Trinajstić information content (AvgIpc) is 2.76. The van der Waals surface area contributed by atoms with E-state index in [4.69, 9.17) is 9.26 Å². The van der Waals surface area contributed by atoms with E-state index in [-0.39, 0.29) is 5.97 Å². The zero-order valence-electron chi connectivity index (χ0n) is 9.77. The molecular weight excluding hydrogens is 218 g/mol. The van der Waals surface area contributed by atoms with Gasteiger partial charge in [-0.3, -0.25) is 0 Å². The normalized spacial score (nSPS) is 10.2. The molecule has 0 aliphatic rings. The lowest BCUT2D eigenvalue weighted by Gasteiger charge is -2.01. The van der Waals surface area contributed by atoms with Gasteiger partial charge < -0.3 is 9.26 Å². The van der Waals surface area contributed by atoms with Crippen LogP contribution < -0.4 is 0 Å². The molecule has 0 amide bonds. The first-order valence-electron chi connectivity index (χ1n) is 5.41. The Balaban J connectivity index is 2.21. The van der Waals surface area contributed by atoms with E-state index in [1.165, 1.54) is 0 Å². The Bertz CT molecular complexity index is 514. The molecule has 0 radical (unpaired) electrons. The fourth-order valence-corrected chi connectivity index (χ4v) is 1.49. The highest BCUT2D eigenvalue weighted by Crippen LogP contribution is 2.19. The summed E-state index contributed by atoms with van der Waals surface area (Å²) in [5.74, 6) is 0.449. The van der Waals surface area contributed by atoms with E-state index in [1.54, 1.807) is 19.1 Å². The number of carbonyl (C=O) groups is 1. The Morgan fingerprint density at radius 2 is 2.06 bits per heavy atom. The van der Waals surface area contributed by atoms with Gasteiger partial charge >= 0.3 is 5.97 Å². The molecule has 0 saturated carbocycles. The van der Waals surface area contributed by atoms with Crippen LogP contribution in [0.5, 0.6) is 0 Å². The van der Waals surface area contributed by atoms with Crippen LogP contribution in [0.2, 0.25) is 0 Å². The van der Waals surface area contributed by atoms with Crippen molar-refractivity contribution in [2.24, 2.45) is 0 Å². The molecule has 1 aromatic carbocycles. The molecular formula is C13H13NO3. The molecule has 0 saturated heterocycles. The maximum absolute atomic E-state index is 11.4. The second-order valence-corrected chi connectivity index (χ2v) is 3.62. The molecule has 1 aromatic heterocycles. The molecule has 17 heavy (non-hydrogen) atoms. The van der Waals surface area contributed by atoms with Crippen molar-refractivity contribution in [3.8, 4) is 11.3 Å². The van der Waals surface area contributed by atoms with Crippen LogP contribution in [0.15, 0.2) is 34.9 Å². The maximum Gasteiger partial charge on any atom is 0.338 e. The summed E-state index contributed by atoms with van der Waals surface area (Å²) < 4.78 is 9.90. The molecule has 0 N–H and O–H groups in total. The summed E-state index contributed by atoms with van der Waals surface area (Å²) in [7, 11) is 0. The monoisotopic (exact) mass is 231 g/mol. The van der Waals surface area contributed by atoms with Crippen molar-refractivity contribution in [2.45, 2.75) is 13.8 Å². The number of esters is 1. The molecule has 2 aromatic rings. The molecule has 0 bridgehead atoms. The van der Waals surface area contributed by atoms with Crippen LogP contribution >= 0.6 is 0 Å². The summed E-state index contributed by atoms with van der Waals surface area (Å²) in [6, 6.07) is 8.93. The molecule has 0 atom stereocenters. The third-order valence-electron chi connectivity index (χ3n) is 2.32. The predicted molar refractivity (Wildman–Crippen MR) is 62.6 cm³/mol. The second-order valence-electron chi connectivity index (χ2n) is 3.62. The average molecular weight is 231 g/mol. The molecule has 0 fully saturated rings. The van der Waals surface area contributed by atoms with Gasteiger partial charge in [-0.2, -0.15) is 0 Å². The maximum atomic E-state index is 11.4. The van der Waals surface area contributed by atoms with Gasteiger partial charge in [0.15, 0.2) is 0 Å². The minimum Gasteiger partial charge on any atom is -0.462 e. The first-order chi connectivity index (χ1) is 8.20. The molecule has 4 nitrogen and oxygen atoms in total. The van der Waals surface area contributed by atoms with Gasteiger partial charge in [-0.15, -0.1) is 0 Å². The van der Waals surface area contributed by atoms with Gasteiger partial charge in [0.2, 0.25) is 0 Å². The van der Waals surface area contributed by atoms with Gasteiger partial charge in [0, 0.05) is 11.6 Å². The van der Waals surface area contributed by atoms with E-state index in [0.29, 0.717) is 12.2 Å². The van der Waals surface area contributed by atoms with E-state index in [2.05, 4.69) is 5.16 Å². The fraction of sp³-hybridized carbons (Fsp3) is 0.231. The summed E-state index contributed by atoms with van der Waals surface area (Å²) >= 11 is 0. The first-order valence-corrected chi connectivity index (χ1v) is 5.41. The Kier molecular flexibility index (Phi) is 3.23. The third kappa shape index (κ3) is 2.53. The van der Waals surface area contributed by atoms with E-state index >= 15 is 0 Å². The van der Waals surface area contributed by atoms with E-state index in [0.717, 1.165) is 17.0 Å². The standard InChI is InChI=1S/C13H13NO3/c1-3-16-13(15)11-6-4-10(5-7-11)12-8-9(2)17-14-12/h4-8H,3H2,1-2H3. The molecule has 1 heterocycles. The van der Waals surface area contributed by atoms with Crippen molar-refractivity contribution >= 4 is 5.97 Å². The smallest absolute Gasteiger partial charge is 0.338 e. The number of hydrogen-bond donors (Lipinski definition) is 0. The number of aromatic nitrogens is 1. The van der Waals surface area contributed by atoms with Crippen molar-refractivity contribution in [1.29, 1.82) is 0 Å². The van der Waals surface area contributed by atoms with E-state index in [9.17, 15) is 4.79 Å². The van der Waals surface area contributed by atoms with E-state index in [1.807, 2.05) is 25.1 Å². The number of carbonyl (C=O) groups excluding carboxylic acids is 1. The molecule has 0 aliphatic heterocycles. The summed E-state index contributed by atoms with van der Waals surface area (Å²) in [5.41, 5.74) is 2.21. The van der Waals surface area contributed by atoms with Crippen LogP contribution in [0.1, 0.15) is 23.0 Å². The lowest BCUT2D eigenvalue weighted by Crippen LogP contribution is -2.03. The number of hydrogen-bond acceptors (Lipinski definition) is 4. The largest absolute Gasteiger partial charge is 0.462 e. The Morgan fingerprint density at radius 3 is 2.59 bits per heavy atom. The van der Waals surface area contributed by atoms with Gasteiger partial charge in [-0.05, 0) is 26.0 Å². The van der Waals surface area contributed by atoms with Crippen LogP contribution in [0.25, 0.3) is 11.3 Å². The molecule has 2 rings (SSSR count). The molecule has 88 valence electrons. The predicted octanol–water partition coefficient (Wildman–Crippen LogP) is 2.83. The third-order valence-corrected chi connectivity index (χ3v) is 2.32. The minimum atomic E-state index is -0.310. The SMILES string of the molecule is CCOC(=O)c1ccc(-c2cc(C)on2)cc1. The summed E-state index contributed by atoms with van der Waals surface area (Å²) in [4.78, 5) is 11.4. The van der Waals surface area contributed by atoms with Gasteiger partial charge in [0.1, 0.15) is 11.5 Å². The lowest BCUT2D eigenvalue weighted by molar-refractivity contribution is 0.0526. The topological polar surface area (TPSA) is 52.3 Å². The molecule has 0 unspecified atom stereocenters. The van der Waals surface area contributed by atoms with Crippen molar-refractivity contribution in [3.63, 3.8) is 0 Å². The van der Waals surface area contributed by atoms with Crippen molar-refractivity contribution in [2.75, 3.05) is 6.61 Å². The number of ether oxygens (including phenoxy) is 1. The molecule has 0 spiro atoms. The highest BCUT2D eigenvalue weighted by Gasteiger charge is 2.08. The van der Waals surface area contributed by atoms with E-state index < -0.39 is 0 Å². The molecule has 0 aliphatic carbocycles. The Hall–Kier alpha value is -2.10. The van der Waals surface area contributed by atoms with Crippen molar-refractivity contribution in [3.05, 3.63) is 41.7 Å². The quantitative estimate of drug-likeness (QED) is 0.762. The van der Waals surface area contributed by atoms with Crippen LogP contribution in [0.4, 0.5) is 0 Å².